The fourth-order valence-electron chi connectivity index (χ4n) is 1.80. The van der Waals surface area contributed by atoms with Gasteiger partial charge in [0.1, 0.15) is 0 Å². The summed E-state index contributed by atoms with van der Waals surface area (Å²) in [5.41, 5.74) is 0. The molecule has 0 heterocycles. The molecule has 0 aliphatic rings. The monoisotopic (exact) mass is 422 g/mol. The molecule has 0 fully saturated rings. The molecule has 0 bridgehead atoms. The predicted molar refractivity (Wildman–Crippen MR) is 102 cm³/mol. The third-order valence-electron chi connectivity index (χ3n) is 3.21. The topological polar surface area (TPSA) is 124 Å². The van der Waals surface area contributed by atoms with E-state index in [0.29, 0.717) is 26.4 Å². The van der Waals surface area contributed by atoms with Gasteiger partial charge in [-0.1, -0.05) is 0 Å². The van der Waals surface area contributed by atoms with E-state index in [1.807, 2.05) is 0 Å². The van der Waals surface area contributed by atoms with Crippen molar-refractivity contribution >= 4 is 24.2 Å². The summed E-state index contributed by atoms with van der Waals surface area (Å²) in [6, 6.07) is 0. The van der Waals surface area contributed by atoms with Crippen molar-refractivity contribution in [2.75, 3.05) is 40.6 Å². The minimum absolute atomic E-state index is 0.246. The van der Waals surface area contributed by atoms with Crippen molar-refractivity contribution < 1.29 is 47.6 Å². The van der Waals surface area contributed by atoms with E-state index in [-0.39, 0.29) is 11.9 Å². The van der Waals surface area contributed by atoms with Crippen LogP contribution in [0.15, 0.2) is 0 Å². The van der Waals surface area contributed by atoms with E-state index in [1.54, 1.807) is 0 Å². The van der Waals surface area contributed by atoms with Gasteiger partial charge in [0, 0.05) is 13.8 Å². The molecule has 0 aromatic rings. The van der Waals surface area contributed by atoms with Gasteiger partial charge in [0.2, 0.25) is 0 Å². The summed E-state index contributed by atoms with van der Waals surface area (Å²) in [4.78, 5) is 41.7. The Kier molecular flexibility index (Phi) is 21.5. The number of esters is 2. The van der Waals surface area contributed by atoms with Gasteiger partial charge in [-0.15, -0.1) is 0 Å². The van der Waals surface area contributed by atoms with Gasteiger partial charge in [0.05, 0.1) is 40.6 Å². The Hall–Kier alpha value is -2.52. The summed E-state index contributed by atoms with van der Waals surface area (Å²) in [5, 5.41) is 0. The van der Waals surface area contributed by atoms with Crippen molar-refractivity contribution in [3.8, 4) is 0 Å². The lowest BCUT2D eigenvalue weighted by molar-refractivity contribution is -0.142. The predicted octanol–water partition coefficient (Wildman–Crippen LogP) is 3.40. The zero-order valence-corrected chi connectivity index (χ0v) is 17.9. The molecule has 0 rings (SSSR count). The smallest absolute Gasteiger partial charge is 0.466 e. The molecular weight excluding hydrogens is 388 g/mol. The Bertz CT molecular complexity index is 450. The number of hydrogen-bond acceptors (Lipinski definition) is 10. The van der Waals surface area contributed by atoms with Crippen LogP contribution >= 0.6 is 0 Å². The highest BCUT2D eigenvalue weighted by molar-refractivity contribution is 5.66. The summed E-state index contributed by atoms with van der Waals surface area (Å²) in [6.45, 7) is 4.37. The van der Waals surface area contributed by atoms with E-state index in [1.165, 1.54) is 28.1 Å². The standard InChI is InChI=1S/C10H18O5.C9H16O5/c1-9(11)14-7-5-3-4-6-8-15-10(12)13-2;1-8(10)13-6-4-3-5-7-14-9(11)12-2/h3-8H2,1-2H3;3-7H2,1-2H3. The molecule has 0 saturated heterocycles. The molecule has 0 saturated carbocycles. The van der Waals surface area contributed by atoms with Gasteiger partial charge in [0.15, 0.2) is 0 Å². The molecule has 0 unspecified atom stereocenters. The molecule has 0 radical (unpaired) electrons. The lowest BCUT2D eigenvalue weighted by atomic mass is 10.2. The van der Waals surface area contributed by atoms with Gasteiger partial charge in [0.25, 0.3) is 0 Å². The van der Waals surface area contributed by atoms with Gasteiger partial charge >= 0.3 is 24.2 Å². The zero-order chi connectivity index (χ0) is 22.3. The third kappa shape index (κ3) is 27.8. The van der Waals surface area contributed by atoms with Crippen LogP contribution in [0, 0.1) is 0 Å². The Balaban J connectivity index is 0. The van der Waals surface area contributed by atoms with E-state index in [4.69, 9.17) is 9.47 Å². The first-order valence-electron chi connectivity index (χ1n) is 9.51. The Morgan fingerprint density at radius 3 is 1.03 bits per heavy atom. The highest BCUT2D eigenvalue weighted by Crippen LogP contribution is 2.01. The summed E-state index contributed by atoms with van der Waals surface area (Å²) in [5.74, 6) is -0.514. The van der Waals surface area contributed by atoms with Crippen molar-refractivity contribution in [1.29, 1.82) is 0 Å². The molecule has 0 aromatic carbocycles. The van der Waals surface area contributed by atoms with Crippen molar-refractivity contribution in [3.05, 3.63) is 0 Å². The quantitative estimate of drug-likeness (QED) is 0.248. The Labute approximate surface area is 172 Å². The maximum Gasteiger partial charge on any atom is 0.507 e. The maximum atomic E-state index is 10.5. The number of carbonyl (C=O) groups excluding carboxylic acids is 4. The van der Waals surface area contributed by atoms with Crippen molar-refractivity contribution in [2.45, 2.75) is 58.8 Å². The molecule has 170 valence electrons. The third-order valence-corrected chi connectivity index (χ3v) is 3.21. The van der Waals surface area contributed by atoms with Crippen molar-refractivity contribution in [3.63, 3.8) is 0 Å². The van der Waals surface area contributed by atoms with E-state index in [9.17, 15) is 19.2 Å². The summed E-state index contributed by atoms with van der Waals surface area (Å²) >= 11 is 0. The first-order valence-corrected chi connectivity index (χ1v) is 9.51. The second kappa shape index (κ2) is 21.8. The molecule has 10 heteroatoms. The summed E-state index contributed by atoms with van der Waals surface area (Å²) in [6.07, 6.45) is 4.62. The van der Waals surface area contributed by atoms with Crippen LogP contribution in [0.25, 0.3) is 0 Å². The lowest BCUT2D eigenvalue weighted by Gasteiger charge is -2.03. The maximum absolute atomic E-state index is 10.5. The van der Waals surface area contributed by atoms with E-state index < -0.39 is 12.3 Å². The molecule has 0 aliphatic carbocycles. The average molecular weight is 422 g/mol. The lowest BCUT2D eigenvalue weighted by Crippen LogP contribution is -2.06. The molecule has 0 aromatic heterocycles. The molecule has 0 aliphatic heterocycles. The Morgan fingerprint density at radius 2 is 0.759 bits per heavy atom. The first kappa shape index (κ1) is 28.7. The minimum atomic E-state index is -0.662. The average Bonchev–Trinajstić information content (AvgIpc) is 2.68. The second-order valence-corrected chi connectivity index (χ2v) is 5.76. The first-order chi connectivity index (χ1) is 13.8. The van der Waals surface area contributed by atoms with Gasteiger partial charge in [-0.3, -0.25) is 9.59 Å². The van der Waals surface area contributed by atoms with E-state index in [2.05, 4.69) is 18.9 Å². The van der Waals surface area contributed by atoms with Crippen LogP contribution in [0.1, 0.15) is 58.8 Å². The number of unbranched alkanes of at least 4 members (excludes halogenated alkanes) is 5. The van der Waals surface area contributed by atoms with E-state index in [0.717, 1.165) is 44.9 Å². The second-order valence-electron chi connectivity index (χ2n) is 5.76. The Morgan fingerprint density at radius 1 is 0.483 bits per heavy atom. The fourth-order valence-corrected chi connectivity index (χ4v) is 1.80. The highest BCUT2D eigenvalue weighted by Gasteiger charge is 2.00. The van der Waals surface area contributed by atoms with Crippen molar-refractivity contribution in [1.82, 2.24) is 0 Å². The molecule has 29 heavy (non-hydrogen) atoms. The minimum Gasteiger partial charge on any atom is -0.466 e. The molecule has 10 nitrogen and oxygen atoms in total. The molecule has 0 spiro atoms. The number of ether oxygens (including phenoxy) is 6. The molecule has 0 N–H and O–H groups in total. The van der Waals surface area contributed by atoms with Crippen LogP contribution in [0.5, 0.6) is 0 Å². The van der Waals surface area contributed by atoms with Crippen LogP contribution in [0.4, 0.5) is 9.59 Å². The number of hydrogen-bond donors (Lipinski definition) is 0. The molecule has 0 atom stereocenters. The van der Waals surface area contributed by atoms with Crippen LogP contribution in [0.3, 0.4) is 0 Å². The van der Waals surface area contributed by atoms with Gasteiger partial charge in [-0.25, -0.2) is 9.59 Å². The van der Waals surface area contributed by atoms with Gasteiger partial charge in [-0.05, 0) is 44.9 Å². The van der Waals surface area contributed by atoms with Crippen molar-refractivity contribution in [2.24, 2.45) is 0 Å². The largest absolute Gasteiger partial charge is 0.507 e. The highest BCUT2D eigenvalue weighted by atomic mass is 16.7. The van der Waals surface area contributed by atoms with E-state index >= 15 is 0 Å². The van der Waals surface area contributed by atoms with Crippen LogP contribution in [-0.4, -0.2) is 64.9 Å². The van der Waals surface area contributed by atoms with Gasteiger partial charge in [-0.2, -0.15) is 0 Å². The number of rotatable bonds is 13. The fraction of sp³-hybridized carbons (Fsp3) is 0.789. The number of carbonyl (C=O) groups is 4. The van der Waals surface area contributed by atoms with Crippen LogP contribution in [-0.2, 0) is 38.0 Å². The number of methoxy groups -OCH3 is 2. The normalized spacial score (nSPS) is 9.38. The summed E-state index contributed by atoms with van der Waals surface area (Å²) in [7, 11) is 2.55. The van der Waals surface area contributed by atoms with Crippen LogP contribution < -0.4 is 0 Å². The SMILES string of the molecule is COC(=O)OCCCCCCOC(C)=O.COC(=O)OCCCCCOC(C)=O. The molecular formula is C19H34O10. The molecule has 0 amide bonds. The van der Waals surface area contributed by atoms with Gasteiger partial charge < -0.3 is 28.4 Å². The zero-order valence-electron chi connectivity index (χ0n) is 17.9. The summed E-state index contributed by atoms with van der Waals surface area (Å²) < 4.78 is 27.4. The van der Waals surface area contributed by atoms with Crippen LogP contribution in [0.2, 0.25) is 0 Å².